The molecule has 2 aliphatic rings. The average molecular weight is 396 g/mol. The number of fused-ring (bicyclic) bond motifs is 1. The van der Waals surface area contributed by atoms with E-state index in [1.165, 1.54) is 23.4 Å². The first-order valence-corrected chi connectivity index (χ1v) is 10.8. The number of nitrogens with zero attached hydrogens (tertiary/aromatic N) is 2. The van der Waals surface area contributed by atoms with Crippen molar-refractivity contribution < 1.29 is 9.18 Å². The van der Waals surface area contributed by atoms with E-state index in [1.54, 1.807) is 0 Å². The number of para-hydroxylation sites is 1. The van der Waals surface area contributed by atoms with Gasteiger partial charge in [0.05, 0.1) is 0 Å². The normalized spacial score (nSPS) is 17.3. The van der Waals surface area contributed by atoms with Gasteiger partial charge < -0.3 is 10.2 Å². The summed E-state index contributed by atoms with van der Waals surface area (Å²) in [5.41, 5.74) is 3.91. The number of carbonyl (C=O) groups is 1. The lowest BCUT2D eigenvalue weighted by atomic mass is 9.95. The van der Waals surface area contributed by atoms with E-state index in [9.17, 15) is 9.18 Å². The molecule has 2 aliphatic heterocycles. The number of hydrogen-bond acceptors (Lipinski definition) is 3. The quantitative estimate of drug-likeness (QED) is 0.728. The molecule has 5 heteroatoms. The number of halogens is 1. The Morgan fingerprint density at radius 2 is 1.79 bits per heavy atom. The van der Waals surface area contributed by atoms with Crippen LogP contribution in [0, 0.1) is 11.7 Å². The fraction of sp³-hybridized carbons (Fsp3) is 0.458. The van der Waals surface area contributed by atoms with Gasteiger partial charge in [-0.25, -0.2) is 4.39 Å². The molecule has 1 N–H and O–H groups in total. The Morgan fingerprint density at radius 1 is 1.03 bits per heavy atom. The highest BCUT2D eigenvalue weighted by Gasteiger charge is 2.25. The smallest absolute Gasteiger partial charge is 0.223 e. The van der Waals surface area contributed by atoms with Gasteiger partial charge in [0.2, 0.25) is 5.91 Å². The van der Waals surface area contributed by atoms with Crippen LogP contribution < -0.4 is 10.2 Å². The summed E-state index contributed by atoms with van der Waals surface area (Å²) in [4.78, 5) is 17.3. The van der Waals surface area contributed by atoms with E-state index >= 15 is 0 Å². The average Bonchev–Trinajstić information content (AvgIpc) is 3.16. The molecule has 4 rings (SSSR count). The first-order valence-electron chi connectivity index (χ1n) is 10.8. The molecular weight excluding hydrogens is 365 g/mol. The summed E-state index contributed by atoms with van der Waals surface area (Å²) >= 11 is 0. The van der Waals surface area contributed by atoms with E-state index in [0.717, 1.165) is 70.5 Å². The molecule has 0 aromatic heterocycles. The third kappa shape index (κ3) is 5.15. The van der Waals surface area contributed by atoms with E-state index < -0.39 is 0 Å². The number of benzene rings is 2. The second kappa shape index (κ2) is 9.40. The van der Waals surface area contributed by atoms with Crippen molar-refractivity contribution in [2.75, 3.05) is 37.6 Å². The highest BCUT2D eigenvalue weighted by atomic mass is 19.1. The van der Waals surface area contributed by atoms with Crippen molar-refractivity contribution in [3.8, 4) is 0 Å². The molecule has 0 saturated carbocycles. The number of hydrogen-bond donors (Lipinski definition) is 1. The lowest BCUT2D eigenvalue weighted by molar-refractivity contribution is -0.126. The fourth-order valence-electron chi connectivity index (χ4n) is 4.47. The van der Waals surface area contributed by atoms with Gasteiger partial charge in [-0.2, -0.15) is 0 Å². The molecule has 2 aromatic rings. The Bertz CT molecular complexity index is 815. The lowest BCUT2D eigenvalue weighted by Gasteiger charge is -2.31. The van der Waals surface area contributed by atoms with Crippen LogP contribution in [-0.2, 0) is 17.8 Å². The van der Waals surface area contributed by atoms with Gasteiger partial charge >= 0.3 is 0 Å². The maximum atomic E-state index is 13.0. The Morgan fingerprint density at radius 3 is 2.59 bits per heavy atom. The summed E-state index contributed by atoms with van der Waals surface area (Å²) in [7, 11) is 0. The van der Waals surface area contributed by atoms with Gasteiger partial charge in [0.1, 0.15) is 5.82 Å². The van der Waals surface area contributed by atoms with E-state index in [-0.39, 0.29) is 17.6 Å². The van der Waals surface area contributed by atoms with Crippen LogP contribution in [0.1, 0.15) is 30.4 Å². The molecule has 2 aromatic carbocycles. The van der Waals surface area contributed by atoms with Crippen molar-refractivity contribution in [3.05, 3.63) is 65.5 Å². The molecule has 0 unspecified atom stereocenters. The van der Waals surface area contributed by atoms with Crippen molar-refractivity contribution in [1.29, 1.82) is 0 Å². The van der Waals surface area contributed by atoms with Gasteiger partial charge in [0.25, 0.3) is 0 Å². The minimum absolute atomic E-state index is 0.118. The number of piperidine rings is 1. The Labute approximate surface area is 172 Å². The summed E-state index contributed by atoms with van der Waals surface area (Å²) in [5.74, 6) is 0.123. The Balaban J connectivity index is 1.14. The maximum absolute atomic E-state index is 13.0. The van der Waals surface area contributed by atoms with Crippen LogP contribution in [0.3, 0.4) is 0 Å². The van der Waals surface area contributed by atoms with Crippen LogP contribution in [0.25, 0.3) is 0 Å². The topological polar surface area (TPSA) is 35.6 Å². The summed E-state index contributed by atoms with van der Waals surface area (Å²) in [6, 6.07) is 15.3. The molecule has 0 spiro atoms. The Kier molecular flexibility index (Phi) is 6.45. The number of rotatable bonds is 7. The van der Waals surface area contributed by atoms with Crippen molar-refractivity contribution in [3.63, 3.8) is 0 Å². The zero-order chi connectivity index (χ0) is 20.1. The van der Waals surface area contributed by atoms with E-state index in [1.807, 2.05) is 12.1 Å². The molecule has 0 radical (unpaired) electrons. The number of anilines is 1. The molecule has 1 saturated heterocycles. The summed E-state index contributed by atoms with van der Waals surface area (Å²) in [6.45, 7) is 5.48. The van der Waals surface area contributed by atoms with Gasteiger partial charge in [0.15, 0.2) is 0 Å². The largest absolute Gasteiger partial charge is 0.371 e. The van der Waals surface area contributed by atoms with Crippen LogP contribution >= 0.6 is 0 Å². The molecular formula is C24H30FN3O. The van der Waals surface area contributed by atoms with Gasteiger partial charge in [-0.15, -0.1) is 0 Å². The fourth-order valence-corrected chi connectivity index (χ4v) is 4.47. The molecule has 0 aliphatic carbocycles. The number of amides is 1. The molecule has 29 heavy (non-hydrogen) atoms. The third-order valence-corrected chi connectivity index (χ3v) is 6.17. The molecule has 1 fully saturated rings. The van der Waals surface area contributed by atoms with Crippen LogP contribution in [0.5, 0.6) is 0 Å². The molecule has 4 nitrogen and oxygen atoms in total. The number of likely N-dealkylation sites (tertiary alicyclic amines) is 1. The van der Waals surface area contributed by atoms with Crippen molar-refractivity contribution in [2.45, 2.75) is 32.2 Å². The van der Waals surface area contributed by atoms with E-state index in [2.05, 4.69) is 39.4 Å². The third-order valence-electron chi connectivity index (χ3n) is 6.17. The predicted molar refractivity (Wildman–Crippen MR) is 114 cm³/mol. The zero-order valence-electron chi connectivity index (χ0n) is 16.9. The zero-order valence-corrected chi connectivity index (χ0v) is 16.9. The molecule has 154 valence electrons. The number of carbonyl (C=O) groups excluding carboxylic acids is 1. The highest BCUT2D eigenvalue weighted by molar-refractivity contribution is 5.78. The maximum Gasteiger partial charge on any atom is 0.223 e. The molecule has 0 bridgehead atoms. The minimum Gasteiger partial charge on any atom is -0.371 e. The second-order valence-electron chi connectivity index (χ2n) is 8.19. The van der Waals surface area contributed by atoms with Crippen LogP contribution in [0.15, 0.2) is 48.5 Å². The van der Waals surface area contributed by atoms with Crippen molar-refractivity contribution in [1.82, 2.24) is 10.2 Å². The molecule has 1 amide bonds. The first kappa shape index (κ1) is 19.9. The van der Waals surface area contributed by atoms with Crippen LogP contribution in [-0.4, -0.2) is 43.5 Å². The summed E-state index contributed by atoms with van der Waals surface area (Å²) in [5, 5.41) is 3.15. The second-order valence-corrected chi connectivity index (χ2v) is 8.19. The first-order chi connectivity index (χ1) is 14.2. The summed E-state index contributed by atoms with van der Waals surface area (Å²) in [6.07, 6.45) is 3.89. The highest BCUT2D eigenvalue weighted by Crippen LogP contribution is 2.27. The van der Waals surface area contributed by atoms with Crippen molar-refractivity contribution in [2.24, 2.45) is 5.92 Å². The molecule has 0 atom stereocenters. The van der Waals surface area contributed by atoms with Gasteiger partial charge in [-0.05, 0) is 68.1 Å². The SMILES string of the molecule is O=C(NCCCN1CCc2ccccc21)C1CCN(Cc2ccc(F)cc2)CC1. The number of nitrogens with one attached hydrogen (secondary N) is 1. The van der Waals surface area contributed by atoms with E-state index in [0.29, 0.717) is 0 Å². The van der Waals surface area contributed by atoms with Gasteiger partial charge in [-0.1, -0.05) is 30.3 Å². The monoisotopic (exact) mass is 395 g/mol. The van der Waals surface area contributed by atoms with Crippen LogP contribution in [0.2, 0.25) is 0 Å². The van der Waals surface area contributed by atoms with E-state index in [4.69, 9.17) is 0 Å². The minimum atomic E-state index is -0.196. The van der Waals surface area contributed by atoms with Gasteiger partial charge in [-0.3, -0.25) is 9.69 Å². The predicted octanol–water partition coefficient (Wildman–Crippen LogP) is 3.61. The standard InChI is InChI=1S/C24H30FN3O/c25-22-8-6-19(7-9-22)18-27-15-10-21(11-16-27)24(29)26-13-3-14-28-17-12-20-4-1-2-5-23(20)28/h1-2,4-9,21H,3,10-18H2,(H,26,29). The lowest BCUT2D eigenvalue weighted by Crippen LogP contribution is -2.40. The van der Waals surface area contributed by atoms with Gasteiger partial charge in [0, 0.05) is 37.8 Å². The van der Waals surface area contributed by atoms with Crippen molar-refractivity contribution >= 4 is 11.6 Å². The Hall–Kier alpha value is -2.40. The molecule has 2 heterocycles. The van der Waals surface area contributed by atoms with Crippen LogP contribution in [0.4, 0.5) is 10.1 Å². The summed E-state index contributed by atoms with van der Waals surface area (Å²) < 4.78 is 13.0.